The van der Waals surface area contributed by atoms with E-state index in [4.69, 9.17) is 9.73 Å². The van der Waals surface area contributed by atoms with E-state index < -0.39 is 10.0 Å². The fraction of sp³-hybridized carbons (Fsp3) is 0.944. The topological polar surface area (TPSA) is 83.0 Å². The molecule has 0 atom stereocenters. The van der Waals surface area contributed by atoms with Gasteiger partial charge in [-0.2, -0.15) is 4.31 Å². The van der Waals surface area contributed by atoms with Gasteiger partial charge >= 0.3 is 0 Å². The summed E-state index contributed by atoms with van der Waals surface area (Å²) < 4.78 is 31.5. The molecule has 0 amide bonds. The molecule has 0 bridgehead atoms. The largest absolute Gasteiger partial charge is 0.379 e. The van der Waals surface area contributed by atoms with E-state index in [-0.39, 0.29) is 5.75 Å². The molecule has 0 aromatic rings. The number of hydrogen-bond donors (Lipinski definition) is 2. The molecule has 2 fully saturated rings. The Labute approximate surface area is 159 Å². The Kier molecular flexibility index (Phi) is 8.16. The lowest BCUT2D eigenvalue weighted by Crippen LogP contribution is -2.45. The van der Waals surface area contributed by atoms with Gasteiger partial charge in [0.05, 0.1) is 19.0 Å². The number of sulfonamides is 1. The average molecular weight is 389 g/mol. The number of hydrogen-bond acceptors (Lipinski definition) is 4. The summed E-state index contributed by atoms with van der Waals surface area (Å²) in [6.45, 7) is 10.4. The summed E-state index contributed by atoms with van der Waals surface area (Å²) in [6.07, 6.45) is 5.00. The summed E-state index contributed by atoms with van der Waals surface area (Å²) in [7, 11) is -3.24. The summed E-state index contributed by atoms with van der Waals surface area (Å²) in [5.74, 6) is 1.48. The highest BCUT2D eigenvalue weighted by atomic mass is 32.2. The number of rotatable bonds is 9. The Morgan fingerprint density at radius 1 is 1.23 bits per heavy atom. The number of aliphatic imine (C=N–C) groups is 1. The normalized spacial score (nSPS) is 21.5. The Balaban J connectivity index is 1.85. The minimum absolute atomic E-state index is 0.0779. The van der Waals surface area contributed by atoms with Crippen molar-refractivity contribution in [1.82, 2.24) is 14.9 Å². The molecule has 7 nitrogen and oxygen atoms in total. The molecule has 8 heteroatoms. The number of morpholine rings is 1. The number of ether oxygens (including phenoxy) is 1. The second-order valence-electron chi connectivity index (χ2n) is 7.90. The van der Waals surface area contributed by atoms with Gasteiger partial charge in [0.1, 0.15) is 0 Å². The van der Waals surface area contributed by atoms with E-state index in [0.717, 1.165) is 19.0 Å². The van der Waals surface area contributed by atoms with Gasteiger partial charge in [-0.1, -0.05) is 20.3 Å². The quantitative estimate of drug-likeness (QED) is 0.461. The van der Waals surface area contributed by atoms with Gasteiger partial charge < -0.3 is 15.4 Å². The second kappa shape index (κ2) is 9.90. The average Bonchev–Trinajstić information content (AvgIpc) is 2.57. The Morgan fingerprint density at radius 3 is 2.46 bits per heavy atom. The standard InChI is InChI=1S/C18H36N4O3S/c1-4-19-17(21-15-18(6-5-7-18)14-16(2)3)20-8-13-26(23,24)22-9-11-25-12-10-22/h16H,4-15H2,1-3H3,(H2,19,20,21). The fourth-order valence-electron chi connectivity index (χ4n) is 3.81. The maximum atomic E-state index is 12.4. The molecule has 0 radical (unpaired) electrons. The number of nitrogens with zero attached hydrogens (tertiary/aromatic N) is 2. The highest BCUT2D eigenvalue weighted by Crippen LogP contribution is 2.46. The van der Waals surface area contributed by atoms with Crippen molar-refractivity contribution < 1.29 is 13.2 Å². The van der Waals surface area contributed by atoms with Crippen LogP contribution in [0.3, 0.4) is 0 Å². The van der Waals surface area contributed by atoms with Crippen LogP contribution in [0.15, 0.2) is 4.99 Å². The predicted molar refractivity (Wildman–Crippen MR) is 106 cm³/mol. The van der Waals surface area contributed by atoms with Crippen LogP contribution in [-0.4, -0.2) is 70.4 Å². The maximum Gasteiger partial charge on any atom is 0.215 e. The van der Waals surface area contributed by atoms with Crippen molar-refractivity contribution in [3.63, 3.8) is 0 Å². The van der Waals surface area contributed by atoms with Crippen molar-refractivity contribution in [3.05, 3.63) is 0 Å². The maximum absolute atomic E-state index is 12.4. The zero-order valence-corrected chi connectivity index (χ0v) is 17.4. The predicted octanol–water partition coefficient (Wildman–Crippen LogP) is 1.42. The molecule has 1 saturated heterocycles. The zero-order chi connectivity index (χ0) is 19.0. The SMILES string of the molecule is CCNC(=NCC1(CC(C)C)CCC1)NCCS(=O)(=O)N1CCOCC1. The third-order valence-corrected chi connectivity index (χ3v) is 7.06. The van der Waals surface area contributed by atoms with E-state index in [1.165, 1.54) is 30.0 Å². The molecule has 1 aliphatic heterocycles. The monoisotopic (exact) mass is 388 g/mol. The van der Waals surface area contributed by atoms with E-state index in [0.29, 0.717) is 44.2 Å². The van der Waals surface area contributed by atoms with Crippen molar-refractivity contribution in [2.75, 3.05) is 51.7 Å². The molecular formula is C18H36N4O3S. The van der Waals surface area contributed by atoms with Crippen LogP contribution < -0.4 is 10.6 Å². The zero-order valence-electron chi connectivity index (χ0n) is 16.6. The van der Waals surface area contributed by atoms with Crippen LogP contribution >= 0.6 is 0 Å². The molecule has 2 aliphatic rings. The van der Waals surface area contributed by atoms with Gasteiger partial charge in [0.25, 0.3) is 0 Å². The van der Waals surface area contributed by atoms with Gasteiger partial charge in [-0.15, -0.1) is 0 Å². The van der Waals surface area contributed by atoms with Gasteiger partial charge in [0, 0.05) is 32.7 Å². The summed E-state index contributed by atoms with van der Waals surface area (Å²) in [4.78, 5) is 4.76. The van der Waals surface area contributed by atoms with Crippen LogP contribution in [0.5, 0.6) is 0 Å². The molecule has 152 valence electrons. The highest BCUT2D eigenvalue weighted by Gasteiger charge is 2.37. The highest BCUT2D eigenvalue weighted by molar-refractivity contribution is 7.89. The van der Waals surface area contributed by atoms with Crippen LogP contribution in [0.2, 0.25) is 0 Å². The molecule has 1 heterocycles. The van der Waals surface area contributed by atoms with Crippen LogP contribution in [0.25, 0.3) is 0 Å². The van der Waals surface area contributed by atoms with Gasteiger partial charge in [-0.3, -0.25) is 4.99 Å². The Bertz CT molecular complexity index is 553. The van der Waals surface area contributed by atoms with Gasteiger partial charge in [0.15, 0.2) is 5.96 Å². The third-order valence-electron chi connectivity index (χ3n) is 5.19. The van der Waals surface area contributed by atoms with E-state index >= 15 is 0 Å². The first-order valence-corrected chi connectivity index (χ1v) is 11.6. The number of guanidine groups is 1. The Hall–Kier alpha value is -0.860. The molecule has 0 aromatic heterocycles. The fourth-order valence-corrected chi connectivity index (χ4v) is 5.13. The summed E-state index contributed by atoms with van der Waals surface area (Å²) in [5.41, 5.74) is 0.344. The molecule has 2 rings (SSSR count). The second-order valence-corrected chi connectivity index (χ2v) is 9.99. The van der Waals surface area contributed by atoms with Crippen LogP contribution in [0.1, 0.15) is 46.5 Å². The van der Waals surface area contributed by atoms with Crippen molar-refractivity contribution >= 4 is 16.0 Å². The molecule has 1 saturated carbocycles. The summed E-state index contributed by atoms with van der Waals surface area (Å²) >= 11 is 0. The van der Waals surface area contributed by atoms with Gasteiger partial charge in [-0.05, 0) is 37.5 Å². The van der Waals surface area contributed by atoms with Gasteiger partial charge in [0.2, 0.25) is 10.0 Å². The molecule has 0 aromatic carbocycles. The lowest BCUT2D eigenvalue weighted by Gasteiger charge is -2.42. The van der Waals surface area contributed by atoms with Crippen LogP contribution in [0, 0.1) is 11.3 Å². The van der Waals surface area contributed by atoms with Crippen molar-refractivity contribution in [2.45, 2.75) is 46.5 Å². The molecule has 2 N–H and O–H groups in total. The summed E-state index contributed by atoms with van der Waals surface area (Å²) in [5, 5.41) is 6.42. The first-order chi connectivity index (χ1) is 12.4. The van der Waals surface area contributed by atoms with Crippen molar-refractivity contribution in [3.8, 4) is 0 Å². The van der Waals surface area contributed by atoms with E-state index in [1.54, 1.807) is 0 Å². The minimum Gasteiger partial charge on any atom is -0.379 e. The van der Waals surface area contributed by atoms with E-state index in [2.05, 4.69) is 24.5 Å². The molecule has 26 heavy (non-hydrogen) atoms. The number of nitrogens with one attached hydrogen (secondary N) is 2. The van der Waals surface area contributed by atoms with Crippen molar-refractivity contribution in [1.29, 1.82) is 0 Å². The molecule has 1 aliphatic carbocycles. The van der Waals surface area contributed by atoms with E-state index in [9.17, 15) is 8.42 Å². The van der Waals surface area contributed by atoms with E-state index in [1.807, 2.05) is 6.92 Å². The minimum atomic E-state index is -3.24. The van der Waals surface area contributed by atoms with Crippen LogP contribution in [-0.2, 0) is 14.8 Å². The third kappa shape index (κ3) is 6.39. The lowest BCUT2D eigenvalue weighted by molar-refractivity contribution is 0.0730. The molecular weight excluding hydrogens is 352 g/mol. The van der Waals surface area contributed by atoms with Crippen LogP contribution in [0.4, 0.5) is 0 Å². The first kappa shape index (κ1) is 21.4. The molecule has 0 unspecified atom stereocenters. The first-order valence-electron chi connectivity index (χ1n) is 9.95. The van der Waals surface area contributed by atoms with Gasteiger partial charge in [-0.25, -0.2) is 8.42 Å². The van der Waals surface area contributed by atoms with Crippen molar-refractivity contribution in [2.24, 2.45) is 16.3 Å². The Morgan fingerprint density at radius 2 is 1.92 bits per heavy atom. The molecule has 0 spiro atoms. The smallest absolute Gasteiger partial charge is 0.215 e. The summed E-state index contributed by atoms with van der Waals surface area (Å²) in [6, 6.07) is 0. The lowest BCUT2D eigenvalue weighted by atomic mass is 9.64.